The van der Waals surface area contributed by atoms with Gasteiger partial charge >= 0.3 is 0 Å². The highest BCUT2D eigenvalue weighted by molar-refractivity contribution is 5.81. The second-order valence-electron chi connectivity index (χ2n) is 4.81. The van der Waals surface area contributed by atoms with Gasteiger partial charge in [-0.05, 0) is 6.42 Å². The van der Waals surface area contributed by atoms with E-state index in [0.717, 1.165) is 0 Å². The monoisotopic (exact) mass is 265 g/mol. The molecule has 1 saturated carbocycles. The van der Waals surface area contributed by atoms with Gasteiger partial charge in [-0.1, -0.05) is 0 Å². The van der Waals surface area contributed by atoms with Crippen LogP contribution in [0.1, 0.15) is 12.5 Å². The minimum atomic E-state index is -0.967. The van der Waals surface area contributed by atoms with Crippen molar-refractivity contribution in [2.45, 2.75) is 24.7 Å². The van der Waals surface area contributed by atoms with Crippen molar-refractivity contribution in [2.75, 3.05) is 12.3 Å². The van der Waals surface area contributed by atoms with E-state index in [-0.39, 0.29) is 24.4 Å². The van der Waals surface area contributed by atoms with Crippen LogP contribution in [0.3, 0.4) is 0 Å². The molecule has 2 aromatic heterocycles. The van der Waals surface area contributed by atoms with Crippen molar-refractivity contribution in [1.82, 2.24) is 19.5 Å². The summed E-state index contributed by atoms with van der Waals surface area (Å²) in [6.45, 7) is -0.168. The molecular formula is C11H15N5O3. The van der Waals surface area contributed by atoms with E-state index < -0.39 is 12.2 Å². The number of imidazole rings is 1. The lowest BCUT2D eigenvalue weighted by Gasteiger charge is -2.18. The average molecular weight is 265 g/mol. The van der Waals surface area contributed by atoms with Crippen LogP contribution in [-0.2, 0) is 0 Å². The van der Waals surface area contributed by atoms with E-state index in [1.54, 1.807) is 4.57 Å². The number of rotatable bonds is 2. The third-order valence-corrected chi connectivity index (χ3v) is 3.75. The van der Waals surface area contributed by atoms with Crippen molar-refractivity contribution in [1.29, 1.82) is 0 Å². The van der Waals surface area contributed by atoms with Gasteiger partial charge in [0.15, 0.2) is 11.5 Å². The van der Waals surface area contributed by atoms with Crippen molar-refractivity contribution in [3.05, 3.63) is 12.7 Å². The Morgan fingerprint density at radius 3 is 2.74 bits per heavy atom. The van der Waals surface area contributed by atoms with Gasteiger partial charge in [-0.2, -0.15) is 0 Å². The van der Waals surface area contributed by atoms with Crippen LogP contribution in [0.25, 0.3) is 11.2 Å². The summed E-state index contributed by atoms with van der Waals surface area (Å²) in [5.74, 6) is -0.0767. The Hall–Kier alpha value is -1.77. The average Bonchev–Trinajstić information content (AvgIpc) is 2.94. The van der Waals surface area contributed by atoms with Gasteiger partial charge in [0.05, 0.1) is 18.5 Å². The summed E-state index contributed by atoms with van der Waals surface area (Å²) >= 11 is 0. The molecule has 1 fully saturated rings. The van der Waals surface area contributed by atoms with Crippen LogP contribution in [-0.4, -0.2) is 53.7 Å². The van der Waals surface area contributed by atoms with Crippen LogP contribution in [0.5, 0.6) is 0 Å². The summed E-state index contributed by atoms with van der Waals surface area (Å²) in [5.41, 5.74) is 6.69. The van der Waals surface area contributed by atoms with Gasteiger partial charge in [0.25, 0.3) is 0 Å². The number of aliphatic hydroxyl groups is 3. The van der Waals surface area contributed by atoms with Gasteiger partial charge in [-0.25, -0.2) is 15.0 Å². The molecule has 5 N–H and O–H groups in total. The zero-order chi connectivity index (χ0) is 13.6. The minimum absolute atomic E-state index is 0.168. The first kappa shape index (κ1) is 12.3. The fraction of sp³-hybridized carbons (Fsp3) is 0.545. The Labute approximate surface area is 108 Å². The molecule has 0 bridgehead atoms. The lowest BCUT2D eigenvalue weighted by atomic mass is 10.1. The molecule has 2 heterocycles. The molecule has 0 saturated heterocycles. The molecule has 0 aliphatic heterocycles. The van der Waals surface area contributed by atoms with Crippen molar-refractivity contribution >= 4 is 17.0 Å². The molecule has 1 aliphatic rings. The van der Waals surface area contributed by atoms with Crippen LogP contribution in [0.15, 0.2) is 12.7 Å². The molecule has 1 aliphatic carbocycles. The first-order chi connectivity index (χ1) is 9.13. The maximum atomic E-state index is 10.1. The van der Waals surface area contributed by atoms with E-state index >= 15 is 0 Å². The Morgan fingerprint density at radius 1 is 1.26 bits per heavy atom. The lowest BCUT2D eigenvalue weighted by Crippen LogP contribution is -2.30. The van der Waals surface area contributed by atoms with Crippen molar-refractivity contribution in [2.24, 2.45) is 5.92 Å². The van der Waals surface area contributed by atoms with Crippen LogP contribution in [0.4, 0.5) is 5.82 Å². The van der Waals surface area contributed by atoms with Gasteiger partial charge in [0, 0.05) is 12.5 Å². The zero-order valence-electron chi connectivity index (χ0n) is 10.1. The summed E-state index contributed by atoms with van der Waals surface area (Å²) in [6, 6.07) is -0.383. The fourth-order valence-electron chi connectivity index (χ4n) is 2.67. The number of nitrogen functional groups attached to an aromatic ring is 1. The van der Waals surface area contributed by atoms with Crippen LogP contribution >= 0.6 is 0 Å². The molecule has 0 spiro atoms. The van der Waals surface area contributed by atoms with E-state index in [1.165, 1.54) is 12.7 Å². The van der Waals surface area contributed by atoms with Crippen molar-refractivity contribution < 1.29 is 15.3 Å². The molecule has 8 heteroatoms. The van der Waals surface area contributed by atoms with Crippen molar-refractivity contribution in [3.8, 4) is 0 Å². The van der Waals surface area contributed by atoms with E-state index in [2.05, 4.69) is 15.0 Å². The van der Waals surface area contributed by atoms with E-state index in [1.807, 2.05) is 0 Å². The summed E-state index contributed by atoms with van der Waals surface area (Å²) in [6.07, 6.45) is 1.39. The topological polar surface area (TPSA) is 130 Å². The normalized spacial score (nSPS) is 31.1. The molecule has 102 valence electrons. The molecule has 2 unspecified atom stereocenters. The van der Waals surface area contributed by atoms with Gasteiger partial charge in [0.1, 0.15) is 17.9 Å². The highest BCUT2D eigenvalue weighted by Crippen LogP contribution is 2.36. The number of hydrogen-bond donors (Lipinski definition) is 4. The van der Waals surface area contributed by atoms with Crippen LogP contribution in [0, 0.1) is 5.92 Å². The molecule has 8 nitrogen and oxygen atoms in total. The predicted octanol–water partition coefficient (Wildman–Crippen LogP) is -1.32. The highest BCUT2D eigenvalue weighted by Gasteiger charge is 2.42. The Bertz CT molecular complexity index is 601. The third-order valence-electron chi connectivity index (χ3n) is 3.75. The number of hydrogen-bond acceptors (Lipinski definition) is 7. The molecule has 4 atom stereocenters. The largest absolute Gasteiger partial charge is 0.396 e. The first-order valence-corrected chi connectivity index (χ1v) is 6.03. The maximum Gasteiger partial charge on any atom is 0.165 e. The molecule has 0 radical (unpaired) electrons. The SMILES string of the molecule is Nc1ncnc2c1ncn2C1CC(CO)[C@@H](O)[C@H]1O. The number of anilines is 1. The van der Waals surface area contributed by atoms with Gasteiger partial charge in [-0.3, -0.25) is 0 Å². The van der Waals surface area contributed by atoms with E-state index in [9.17, 15) is 15.3 Å². The second kappa shape index (κ2) is 4.41. The molecule has 2 aromatic rings. The lowest BCUT2D eigenvalue weighted by molar-refractivity contribution is -0.00370. The fourth-order valence-corrected chi connectivity index (χ4v) is 2.67. The number of aliphatic hydroxyl groups excluding tert-OH is 3. The predicted molar refractivity (Wildman–Crippen MR) is 66.0 cm³/mol. The maximum absolute atomic E-state index is 10.1. The Kier molecular flexibility index (Phi) is 2.85. The molecule has 19 heavy (non-hydrogen) atoms. The summed E-state index contributed by atoms with van der Waals surface area (Å²) in [5, 5.41) is 29.1. The number of nitrogens with zero attached hydrogens (tertiary/aromatic N) is 4. The Balaban J connectivity index is 2.04. The minimum Gasteiger partial charge on any atom is -0.396 e. The van der Waals surface area contributed by atoms with Crippen LogP contribution < -0.4 is 5.73 Å². The zero-order valence-corrected chi connectivity index (χ0v) is 10.1. The van der Waals surface area contributed by atoms with Gasteiger partial charge < -0.3 is 25.6 Å². The smallest absolute Gasteiger partial charge is 0.165 e. The molecule has 0 aromatic carbocycles. The van der Waals surface area contributed by atoms with Crippen LogP contribution in [0.2, 0.25) is 0 Å². The molecular weight excluding hydrogens is 250 g/mol. The van der Waals surface area contributed by atoms with E-state index in [0.29, 0.717) is 17.6 Å². The number of fused-ring (bicyclic) bond motifs is 1. The molecule has 0 amide bonds. The third kappa shape index (κ3) is 1.76. The van der Waals surface area contributed by atoms with Gasteiger partial charge in [0.2, 0.25) is 0 Å². The first-order valence-electron chi connectivity index (χ1n) is 6.03. The summed E-state index contributed by atoms with van der Waals surface area (Å²) in [4.78, 5) is 12.1. The van der Waals surface area contributed by atoms with Crippen molar-refractivity contribution in [3.63, 3.8) is 0 Å². The second-order valence-corrected chi connectivity index (χ2v) is 4.81. The number of aromatic nitrogens is 4. The number of nitrogens with two attached hydrogens (primary N) is 1. The molecule has 3 rings (SSSR count). The Morgan fingerprint density at radius 2 is 2.05 bits per heavy atom. The summed E-state index contributed by atoms with van der Waals surface area (Å²) < 4.78 is 1.68. The highest BCUT2D eigenvalue weighted by atomic mass is 16.3. The van der Waals surface area contributed by atoms with E-state index in [4.69, 9.17) is 5.73 Å². The standard InChI is InChI=1S/C11H15N5O3/c12-10-7-11(14-3-13-10)16(4-15-7)6-1-5(2-17)8(18)9(6)19/h3-6,8-9,17-19H,1-2H2,(H2,12,13,14)/t5?,6?,8-,9+/m1/s1. The summed E-state index contributed by atoms with van der Waals surface area (Å²) in [7, 11) is 0. The van der Waals surface area contributed by atoms with Gasteiger partial charge in [-0.15, -0.1) is 0 Å². The quantitative estimate of drug-likeness (QED) is 0.530.